The second kappa shape index (κ2) is 7.03. The number of likely N-dealkylation sites (N-methyl/N-ethyl adjacent to an activating group) is 1. The lowest BCUT2D eigenvalue weighted by atomic mass is 10.0. The zero-order valence-electron chi connectivity index (χ0n) is 12.0. The number of hydrogen-bond acceptors (Lipinski definition) is 4. The minimum absolute atomic E-state index is 0.165. The van der Waals surface area contributed by atoms with Gasteiger partial charge in [0.05, 0.1) is 7.11 Å². The molecule has 1 atom stereocenters. The third-order valence-electron chi connectivity index (χ3n) is 3.42. The molecule has 0 fully saturated rings. The van der Waals surface area contributed by atoms with Crippen LogP contribution in [-0.2, 0) is 6.54 Å². The van der Waals surface area contributed by atoms with E-state index in [0.29, 0.717) is 6.54 Å². The second-order valence-electron chi connectivity index (χ2n) is 4.80. The quantitative estimate of drug-likeness (QED) is 0.875. The van der Waals surface area contributed by atoms with E-state index in [1.54, 1.807) is 7.11 Å². The molecule has 4 nitrogen and oxygen atoms in total. The Morgan fingerprint density at radius 3 is 2.65 bits per heavy atom. The van der Waals surface area contributed by atoms with Gasteiger partial charge in [-0.3, -0.25) is 9.88 Å². The van der Waals surface area contributed by atoms with Gasteiger partial charge < -0.3 is 10.5 Å². The zero-order valence-corrected chi connectivity index (χ0v) is 12.0. The highest BCUT2D eigenvalue weighted by atomic mass is 16.5. The molecular weight excluding hydrogens is 250 g/mol. The van der Waals surface area contributed by atoms with Crippen molar-refractivity contribution in [2.75, 3.05) is 20.7 Å². The summed E-state index contributed by atoms with van der Waals surface area (Å²) in [4.78, 5) is 6.28. The maximum absolute atomic E-state index is 5.96. The maximum Gasteiger partial charge on any atom is 0.119 e. The minimum Gasteiger partial charge on any atom is -0.497 e. The first-order valence-electron chi connectivity index (χ1n) is 6.67. The molecule has 0 spiro atoms. The van der Waals surface area contributed by atoms with Crippen LogP contribution in [0.4, 0.5) is 0 Å². The van der Waals surface area contributed by atoms with Gasteiger partial charge in [0.15, 0.2) is 0 Å². The Labute approximate surface area is 120 Å². The lowest BCUT2D eigenvalue weighted by molar-refractivity contribution is 0.241. The molecule has 0 aliphatic carbocycles. The molecule has 106 valence electrons. The van der Waals surface area contributed by atoms with Gasteiger partial charge in [0.25, 0.3) is 0 Å². The summed E-state index contributed by atoms with van der Waals surface area (Å²) in [6.45, 7) is 1.40. The number of rotatable bonds is 6. The number of benzene rings is 1. The SMILES string of the molecule is COc1cccc(C(CN)N(C)Cc2ccncc2)c1. The van der Waals surface area contributed by atoms with Crippen molar-refractivity contribution < 1.29 is 4.74 Å². The predicted molar refractivity (Wildman–Crippen MR) is 80.5 cm³/mol. The van der Waals surface area contributed by atoms with Crippen LogP contribution in [0.25, 0.3) is 0 Å². The molecule has 1 aromatic carbocycles. The molecule has 0 saturated carbocycles. The molecule has 2 N–H and O–H groups in total. The van der Waals surface area contributed by atoms with Gasteiger partial charge >= 0.3 is 0 Å². The molecule has 1 heterocycles. The summed E-state index contributed by atoms with van der Waals surface area (Å²) in [5.74, 6) is 0.860. The Balaban J connectivity index is 2.14. The van der Waals surface area contributed by atoms with Crippen molar-refractivity contribution in [3.8, 4) is 5.75 Å². The van der Waals surface area contributed by atoms with Crippen LogP contribution in [-0.4, -0.2) is 30.6 Å². The van der Waals surface area contributed by atoms with Crippen molar-refractivity contribution in [1.29, 1.82) is 0 Å². The lowest BCUT2D eigenvalue weighted by Crippen LogP contribution is -2.30. The van der Waals surface area contributed by atoms with Crippen molar-refractivity contribution in [3.63, 3.8) is 0 Å². The van der Waals surface area contributed by atoms with Crippen molar-refractivity contribution in [3.05, 3.63) is 59.9 Å². The summed E-state index contributed by atoms with van der Waals surface area (Å²) in [7, 11) is 3.76. The first-order chi connectivity index (χ1) is 9.74. The minimum atomic E-state index is 0.165. The first kappa shape index (κ1) is 14.5. The number of nitrogens with two attached hydrogens (primary N) is 1. The molecular formula is C16H21N3O. The van der Waals surface area contributed by atoms with Gasteiger partial charge in [-0.15, -0.1) is 0 Å². The summed E-state index contributed by atoms with van der Waals surface area (Å²) in [6, 6.07) is 12.3. The van der Waals surface area contributed by atoms with E-state index in [9.17, 15) is 0 Å². The van der Waals surface area contributed by atoms with E-state index in [4.69, 9.17) is 10.5 Å². The van der Waals surface area contributed by atoms with Crippen LogP contribution in [0.15, 0.2) is 48.8 Å². The van der Waals surface area contributed by atoms with Crippen molar-refractivity contribution in [2.24, 2.45) is 5.73 Å². The Kier molecular flexibility index (Phi) is 5.09. The van der Waals surface area contributed by atoms with E-state index < -0.39 is 0 Å². The van der Waals surface area contributed by atoms with Crippen LogP contribution in [0.3, 0.4) is 0 Å². The Hall–Kier alpha value is -1.91. The number of methoxy groups -OCH3 is 1. The zero-order chi connectivity index (χ0) is 14.4. The molecule has 2 rings (SSSR count). The number of nitrogens with zero attached hydrogens (tertiary/aromatic N) is 2. The largest absolute Gasteiger partial charge is 0.497 e. The average molecular weight is 271 g/mol. The third kappa shape index (κ3) is 3.56. The van der Waals surface area contributed by atoms with Gasteiger partial charge in [0.1, 0.15) is 5.75 Å². The van der Waals surface area contributed by atoms with E-state index in [1.165, 1.54) is 11.1 Å². The van der Waals surface area contributed by atoms with E-state index >= 15 is 0 Å². The summed E-state index contributed by atoms with van der Waals surface area (Å²) >= 11 is 0. The van der Waals surface area contributed by atoms with Crippen LogP contribution >= 0.6 is 0 Å². The van der Waals surface area contributed by atoms with E-state index in [-0.39, 0.29) is 6.04 Å². The Morgan fingerprint density at radius 2 is 2.00 bits per heavy atom. The molecule has 0 radical (unpaired) electrons. The fraction of sp³-hybridized carbons (Fsp3) is 0.312. The van der Waals surface area contributed by atoms with E-state index in [1.807, 2.05) is 42.7 Å². The van der Waals surface area contributed by atoms with Crippen molar-refractivity contribution >= 4 is 0 Å². The molecule has 0 aliphatic heterocycles. The topological polar surface area (TPSA) is 51.4 Å². The smallest absolute Gasteiger partial charge is 0.119 e. The summed E-state index contributed by atoms with van der Waals surface area (Å²) in [5.41, 5.74) is 8.35. The Bertz CT molecular complexity index is 530. The van der Waals surface area contributed by atoms with Gasteiger partial charge in [-0.2, -0.15) is 0 Å². The van der Waals surface area contributed by atoms with Crippen LogP contribution in [0.2, 0.25) is 0 Å². The molecule has 2 aromatic rings. The van der Waals surface area contributed by atoms with Crippen LogP contribution in [0.1, 0.15) is 17.2 Å². The molecule has 4 heteroatoms. The highest BCUT2D eigenvalue weighted by Crippen LogP contribution is 2.23. The molecule has 1 aromatic heterocycles. The van der Waals surface area contributed by atoms with Gasteiger partial charge in [-0.05, 0) is 42.4 Å². The summed E-state index contributed by atoms with van der Waals surface area (Å²) < 4.78 is 5.28. The fourth-order valence-corrected chi connectivity index (χ4v) is 2.31. The molecule has 0 aliphatic rings. The predicted octanol–water partition coefficient (Wildman–Crippen LogP) is 2.22. The summed E-state index contributed by atoms with van der Waals surface area (Å²) in [6.07, 6.45) is 3.62. The highest BCUT2D eigenvalue weighted by Gasteiger charge is 2.16. The number of hydrogen-bond donors (Lipinski definition) is 1. The molecule has 0 bridgehead atoms. The van der Waals surface area contributed by atoms with Gasteiger partial charge in [0.2, 0.25) is 0 Å². The number of ether oxygens (including phenoxy) is 1. The highest BCUT2D eigenvalue weighted by molar-refractivity contribution is 5.31. The van der Waals surface area contributed by atoms with Crippen molar-refractivity contribution in [1.82, 2.24) is 9.88 Å². The van der Waals surface area contributed by atoms with E-state index in [2.05, 4.69) is 23.0 Å². The van der Waals surface area contributed by atoms with E-state index in [0.717, 1.165) is 12.3 Å². The van der Waals surface area contributed by atoms with Gasteiger partial charge in [-0.25, -0.2) is 0 Å². The van der Waals surface area contributed by atoms with Crippen LogP contribution in [0.5, 0.6) is 5.75 Å². The monoisotopic (exact) mass is 271 g/mol. The van der Waals surface area contributed by atoms with Gasteiger partial charge in [0, 0.05) is 31.5 Å². The average Bonchev–Trinajstić information content (AvgIpc) is 2.49. The number of aromatic nitrogens is 1. The van der Waals surface area contributed by atoms with Gasteiger partial charge in [-0.1, -0.05) is 12.1 Å². The standard InChI is InChI=1S/C16H21N3O/c1-19(12-13-6-8-18-9-7-13)16(11-17)14-4-3-5-15(10-14)20-2/h3-10,16H,11-12,17H2,1-2H3. The Morgan fingerprint density at radius 1 is 1.25 bits per heavy atom. The van der Waals surface area contributed by atoms with Crippen LogP contribution < -0.4 is 10.5 Å². The fourth-order valence-electron chi connectivity index (χ4n) is 2.31. The third-order valence-corrected chi connectivity index (χ3v) is 3.42. The molecule has 0 saturated heterocycles. The molecule has 0 amide bonds. The second-order valence-corrected chi connectivity index (χ2v) is 4.80. The van der Waals surface area contributed by atoms with Crippen molar-refractivity contribution in [2.45, 2.75) is 12.6 Å². The maximum atomic E-state index is 5.96. The van der Waals surface area contributed by atoms with Crippen LogP contribution in [0, 0.1) is 0 Å². The molecule has 1 unspecified atom stereocenters. The number of pyridine rings is 1. The molecule has 20 heavy (non-hydrogen) atoms. The summed E-state index contributed by atoms with van der Waals surface area (Å²) in [5, 5.41) is 0. The normalized spacial score (nSPS) is 12.4. The lowest BCUT2D eigenvalue weighted by Gasteiger charge is -2.27. The first-order valence-corrected chi connectivity index (χ1v) is 6.67.